The highest BCUT2D eigenvalue weighted by atomic mass is 19.1. The molecule has 0 heterocycles. The first kappa shape index (κ1) is 24.6. The van der Waals surface area contributed by atoms with Crippen molar-refractivity contribution in [1.82, 2.24) is 16.0 Å². The number of amides is 3. The number of carbonyl (C=O) groups excluding carboxylic acids is 2. The van der Waals surface area contributed by atoms with Crippen LogP contribution in [0.25, 0.3) is 0 Å². The lowest BCUT2D eigenvalue weighted by Gasteiger charge is -2.19. The molecule has 1 unspecified atom stereocenters. The highest BCUT2D eigenvalue weighted by molar-refractivity contribution is 5.87. The van der Waals surface area contributed by atoms with Gasteiger partial charge in [0.15, 0.2) is 0 Å². The van der Waals surface area contributed by atoms with Crippen molar-refractivity contribution in [3.63, 3.8) is 0 Å². The summed E-state index contributed by atoms with van der Waals surface area (Å²) < 4.78 is 18.5. The van der Waals surface area contributed by atoms with Crippen molar-refractivity contribution in [3.8, 4) is 5.75 Å². The molecule has 0 fully saturated rings. The third-order valence-corrected chi connectivity index (χ3v) is 5.09. The summed E-state index contributed by atoms with van der Waals surface area (Å²) in [6.07, 6.45) is 0.339. The number of hydrogen-bond acceptors (Lipinski definition) is 4. The third kappa shape index (κ3) is 8.12. The van der Waals surface area contributed by atoms with E-state index in [9.17, 15) is 14.0 Å². The number of anilines is 1. The first-order valence-electron chi connectivity index (χ1n) is 11.0. The van der Waals surface area contributed by atoms with Gasteiger partial charge in [0, 0.05) is 31.7 Å². The molecule has 0 saturated carbocycles. The summed E-state index contributed by atoms with van der Waals surface area (Å²) in [5.41, 5.74) is 2.46. The Morgan fingerprint density at radius 2 is 1.62 bits per heavy atom. The molecule has 0 saturated heterocycles. The van der Waals surface area contributed by atoms with Crippen LogP contribution in [0.1, 0.15) is 11.1 Å². The van der Waals surface area contributed by atoms with Crippen LogP contribution in [-0.4, -0.2) is 38.2 Å². The van der Waals surface area contributed by atoms with E-state index in [2.05, 4.69) is 21.3 Å². The number of carbonyl (C=O) groups is 2. The molecule has 3 aromatic carbocycles. The highest BCUT2D eigenvalue weighted by Gasteiger charge is 2.21. The van der Waals surface area contributed by atoms with Gasteiger partial charge >= 0.3 is 6.03 Å². The van der Waals surface area contributed by atoms with Crippen LogP contribution in [0, 0.1) is 5.82 Å². The quantitative estimate of drug-likeness (QED) is 0.327. The number of nitrogens with one attached hydrogen (secondary N) is 4. The van der Waals surface area contributed by atoms with Gasteiger partial charge in [-0.2, -0.15) is 0 Å². The molecule has 1 atom stereocenters. The molecule has 0 bridgehead atoms. The molecule has 3 amide bonds. The number of halogens is 1. The summed E-state index contributed by atoms with van der Waals surface area (Å²) in [5.74, 6) is 0.106. The van der Waals surface area contributed by atoms with Crippen LogP contribution in [0.5, 0.6) is 5.75 Å². The molecule has 3 aromatic rings. The minimum atomic E-state index is -0.768. The number of hydrogen-bond donors (Lipinski definition) is 4. The minimum Gasteiger partial charge on any atom is -0.497 e. The zero-order valence-electron chi connectivity index (χ0n) is 19.0. The van der Waals surface area contributed by atoms with Crippen LogP contribution < -0.4 is 26.0 Å². The van der Waals surface area contributed by atoms with E-state index in [0.717, 1.165) is 17.0 Å². The van der Waals surface area contributed by atoms with Gasteiger partial charge < -0.3 is 26.0 Å². The first-order chi connectivity index (χ1) is 16.5. The van der Waals surface area contributed by atoms with Crippen LogP contribution in [0.2, 0.25) is 0 Å². The average Bonchev–Trinajstić information content (AvgIpc) is 2.86. The molecule has 178 valence electrons. The Labute approximate surface area is 198 Å². The maximum atomic E-state index is 13.3. The zero-order valence-corrected chi connectivity index (χ0v) is 19.0. The Kier molecular flexibility index (Phi) is 9.28. The Bertz CT molecular complexity index is 1060. The largest absolute Gasteiger partial charge is 0.497 e. The topological polar surface area (TPSA) is 91.5 Å². The van der Waals surface area contributed by atoms with E-state index in [1.54, 1.807) is 19.2 Å². The Hall–Kier alpha value is -4.07. The highest BCUT2D eigenvalue weighted by Crippen LogP contribution is 2.14. The van der Waals surface area contributed by atoms with Gasteiger partial charge in [0.1, 0.15) is 17.6 Å². The van der Waals surface area contributed by atoms with Crippen molar-refractivity contribution in [2.45, 2.75) is 19.0 Å². The lowest BCUT2D eigenvalue weighted by molar-refractivity contribution is -0.122. The summed E-state index contributed by atoms with van der Waals surface area (Å²) >= 11 is 0. The second kappa shape index (κ2) is 12.8. The molecule has 0 aromatic heterocycles. The lowest BCUT2D eigenvalue weighted by atomic mass is 10.1. The molecule has 8 heteroatoms. The van der Waals surface area contributed by atoms with E-state index in [-0.39, 0.29) is 18.3 Å². The van der Waals surface area contributed by atoms with Crippen molar-refractivity contribution >= 4 is 17.6 Å². The fourth-order valence-electron chi connectivity index (χ4n) is 3.32. The molecule has 0 aliphatic heterocycles. The molecule has 0 radical (unpaired) electrons. The standard InChI is InChI=1S/C26H29FN4O3/c1-34-23-12-10-22(11-13-23)28-14-15-29-25(32)24(17-19-6-3-2-4-7-19)31-26(33)30-18-20-8-5-9-21(27)16-20/h2-13,16,24,28H,14-15,17-18H2,1H3,(H,29,32)(H2,30,31,33). The fraction of sp³-hybridized carbons (Fsp3) is 0.231. The van der Waals surface area contributed by atoms with Gasteiger partial charge in [0.05, 0.1) is 7.11 Å². The minimum absolute atomic E-state index is 0.148. The summed E-state index contributed by atoms with van der Waals surface area (Å²) in [7, 11) is 1.61. The monoisotopic (exact) mass is 464 g/mol. The zero-order chi connectivity index (χ0) is 24.2. The van der Waals surface area contributed by atoms with Crippen LogP contribution in [0.4, 0.5) is 14.9 Å². The lowest BCUT2D eigenvalue weighted by Crippen LogP contribution is -2.51. The Balaban J connectivity index is 1.52. The van der Waals surface area contributed by atoms with E-state index in [0.29, 0.717) is 25.1 Å². The van der Waals surface area contributed by atoms with E-state index in [1.165, 1.54) is 12.1 Å². The predicted octanol–water partition coefficient (Wildman–Crippen LogP) is 3.47. The third-order valence-electron chi connectivity index (χ3n) is 5.09. The summed E-state index contributed by atoms with van der Waals surface area (Å²) in [5, 5.41) is 11.5. The SMILES string of the molecule is COc1ccc(NCCNC(=O)C(Cc2ccccc2)NC(=O)NCc2cccc(F)c2)cc1. The molecular weight excluding hydrogens is 435 g/mol. The molecular formula is C26H29FN4O3. The fourth-order valence-corrected chi connectivity index (χ4v) is 3.32. The van der Waals surface area contributed by atoms with Crippen molar-refractivity contribution in [2.75, 3.05) is 25.5 Å². The maximum Gasteiger partial charge on any atom is 0.315 e. The summed E-state index contributed by atoms with van der Waals surface area (Å²) in [6.45, 7) is 1.04. The van der Waals surface area contributed by atoms with Gasteiger partial charge in [-0.15, -0.1) is 0 Å². The predicted molar refractivity (Wildman–Crippen MR) is 130 cm³/mol. The van der Waals surface area contributed by atoms with Gasteiger partial charge in [-0.05, 0) is 47.5 Å². The number of benzene rings is 3. The van der Waals surface area contributed by atoms with E-state index >= 15 is 0 Å². The molecule has 0 spiro atoms. The second-order valence-corrected chi connectivity index (χ2v) is 7.65. The van der Waals surface area contributed by atoms with E-state index < -0.39 is 12.1 Å². The Morgan fingerprint density at radius 3 is 2.32 bits per heavy atom. The van der Waals surface area contributed by atoms with E-state index in [1.807, 2.05) is 54.6 Å². The molecule has 7 nitrogen and oxygen atoms in total. The Morgan fingerprint density at radius 1 is 0.882 bits per heavy atom. The van der Waals surface area contributed by atoms with Crippen LogP contribution >= 0.6 is 0 Å². The van der Waals surface area contributed by atoms with Crippen LogP contribution in [0.15, 0.2) is 78.9 Å². The average molecular weight is 465 g/mol. The molecule has 3 rings (SSSR count). The van der Waals surface area contributed by atoms with Gasteiger partial charge in [0.2, 0.25) is 5.91 Å². The van der Waals surface area contributed by atoms with E-state index in [4.69, 9.17) is 4.74 Å². The smallest absolute Gasteiger partial charge is 0.315 e. The van der Waals surface area contributed by atoms with Gasteiger partial charge in [0.25, 0.3) is 0 Å². The normalized spacial score (nSPS) is 11.2. The van der Waals surface area contributed by atoms with Crippen LogP contribution in [-0.2, 0) is 17.8 Å². The van der Waals surface area contributed by atoms with Crippen LogP contribution in [0.3, 0.4) is 0 Å². The number of urea groups is 1. The number of ether oxygens (including phenoxy) is 1. The second-order valence-electron chi connectivity index (χ2n) is 7.65. The summed E-state index contributed by atoms with van der Waals surface area (Å²) in [4.78, 5) is 25.3. The van der Waals surface area contributed by atoms with Crippen molar-refractivity contribution < 1.29 is 18.7 Å². The van der Waals surface area contributed by atoms with Gasteiger partial charge in [-0.25, -0.2) is 9.18 Å². The molecule has 34 heavy (non-hydrogen) atoms. The van der Waals surface area contributed by atoms with Gasteiger partial charge in [-0.1, -0.05) is 42.5 Å². The maximum absolute atomic E-state index is 13.3. The first-order valence-corrected chi connectivity index (χ1v) is 11.0. The van der Waals surface area contributed by atoms with Crippen molar-refractivity contribution in [1.29, 1.82) is 0 Å². The number of methoxy groups -OCH3 is 1. The summed E-state index contributed by atoms with van der Waals surface area (Å²) in [6, 6.07) is 21.7. The van der Waals surface area contributed by atoms with Gasteiger partial charge in [-0.3, -0.25) is 4.79 Å². The molecule has 4 N–H and O–H groups in total. The molecule has 0 aliphatic carbocycles. The number of rotatable bonds is 11. The molecule has 0 aliphatic rings. The van der Waals surface area contributed by atoms with Crippen molar-refractivity contribution in [3.05, 3.63) is 95.8 Å². The van der Waals surface area contributed by atoms with Crippen molar-refractivity contribution in [2.24, 2.45) is 0 Å².